The van der Waals surface area contributed by atoms with E-state index in [1.54, 1.807) is 50.2 Å². The zero-order valence-corrected chi connectivity index (χ0v) is 23.5. The van der Waals surface area contributed by atoms with E-state index in [1.807, 2.05) is 24.3 Å². The summed E-state index contributed by atoms with van der Waals surface area (Å²) in [6.45, 7) is 3.48. The van der Waals surface area contributed by atoms with Gasteiger partial charge in [0, 0.05) is 38.4 Å². The van der Waals surface area contributed by atoms with Crippen LogP contribution in [0.3, 0.4) is 0 Å². The predicted octanol–water partition coefficient (Wildman–Crippen LogP) is 6.28. The van der Waals surface area contributed by atoms with E-state index in [4.69, 9.17) is 0 Å². The zero-order chi connectivity index (χ0) is 27.1. The number of non-ortho nitro benzene ring substituents is 1. The molecule has 0 spiro atoms. The van der Waals surface area contributed by atoms with Crippen molar-refractivity contribution >= 4 is 72.2 Å². The van der Waals surface area contributed by atoms with Gasteiger partial charge in [-0.2, -0.15) is 10.2 Å². The number of anilines is 2. The van der Waals surface area contributed by atoms with Crippen molar-refractivity contribution < 1.29 is 14.5 Å². The van der Waals surface area contributed by atoms with E-state index in [0.717, 1.165) is 8.95 Å². The summed E-state index contributed by atoms with van der Waals surface area (Å²) in [6.07, 6.45) is 0. The number of hydrazone groups is 2. The number of amides is 2. The molecule has 0 radical (unpaired) electrons. The Hall–Kier alpha value is -3.70. The summed E-state index contributed by atoms with van der Waals surface area (Å²) >= 11 is 6.80. The van der Waals surface area contributed by atoms with Gasteiger partial charge in [-0.15, -0.1) is 0 Å². The molecule has 3 aromatic carbocycles. The third-order valence-electron chi connectivity index (χ3n) is 6.69. The van der Waals surface area contributed by atoms with Gasteiger partial charge in [-0.3, -0.25) is 19.7 Å². The highest BCUT2D eigenvalue weighted by atomic mass is 79.9. The van der Waals surface area contributed by atoms with Crippen molar-refractivity contribution in [2.75, 3.05) is 10.0 Å². The Morgan fingerprint density at radius 2 is 1.24 bits per heavy atom. The van der Waals surface area contributed by atoms with Gasteiger partial charge in [0.05, 0.1) is 28.1 Å². The molecular formula is C27H21Br2N5O4. The van der Waals surface area contributed by atoms with Crippen LogP contribution in [0.1, 0.15) is 25.3 Å². The van der Waals surface area contributed by atoms with Gasteiger partial charge in [0.2, 0.25) is 0 Å². The number of nitro groups is 1. The molecule has 5 rings (SSSR count). The van der Waals surface area contributed by atoms with Crippen molar-refractivity contribution in [2.45, 2.75) is 19.8 Å². The number of hydrogen-bond acceptors (Lipinski definition) is 6. The minimum Gasteiger partial charge on any atom is -0.272 e. The van der Waals surface area contributed by atoms with Crippen LogP contribution in [0.5, 0.6) is 0 Å². The molecule has 3 aromatic rings. The van der Waals surface area contributed by atoms with E-state index < -0.39 is 22.7 Å². The van der Waals surface area contributed by atoms with Crippen molar-refractivity contribution in [1.29, 1.82) is 0 Å². The molecule has 2 unspecified atom stereocenters. The lowest BCUT2D eigenvalue weighted by Crippen LogP contribution is -2.40. The molecular weight excluding hydrogens is 618 g/mol. The lowest BCUT2D eigenvalue weighted by atomic mass is 9.73. The molecule has 0 aromatic heterocycles. The lowest BCUT2D eigenvalue weighted by molar-refractivity contribution is -0.384. The number of nitro benzene ring substituents is 1. The monoisotopic (exact) mass is 637 g/mol. The molecule has 2 amide bonds. The quantitative estimate of drug-likeness (QED) is 0.234. The molecule has 0 bridgehead atoms. The molecule has 2 atom stereocenters. The molecule has 0 saturated carbocycles. The Morgan fingerprint density at radius 3 is 1.66 bits per heavy atom. The highest BCUT2D eigenvalue weighted by molar-refractivity contribution is 9.10. The fraction of sp³-hybridized carbons (Fsp3) is 0.185. The first-order chi connectivity index (χ1) is 18.2. The first-order valence-electron chi connectivity index (χ1n) is 11.7. The SMILES string of the molecule is CC1=NN(c2ccc(Br)cc2)C(=O)C1C(c1cccc([N+](=O)[O-])c1)C1C(=O)N(c2ccc(Br)cc2)N=C1C. The maximum Gasteiger partial charge on any atom is 0.269 e. The van der Waals surface area contributed by atoms with Gasteiger partial charge in [-0.25, -0.2) is 10.0 Å². The number of nitrogens with zero attached hydrogens (tertiary/aromatic N) is 5. The number of hydrogen-bond donors (Lipinski definition) is 0. The van der Waals surface area contributed by atoms with Gasteiger partial charge in [0.15, 0.2) is 0 Å². The fourth-order valence-corrected chi connectivity index (χ4v) is 5.47. The summed E-state index contributed by atoms with van der Waals surface area (Å²) in [5.74, 6) is -3.05. The fourth-order valence-electron chi connectivity index (χ4n) is 4.94. The average Bonchev–Trinajstić information content (AvgIpc) is 3.36. The number of carbonyl (C=O) groups is 2. The second-order valence-corrected chi connectivity index (χ2v) is 10.9. The summed E-state index contributed by atoms with van der Waals surface area (Å²) in [7, 11) is 0. The molecule has 0 aliphatic carbocycles. The minimum absolute atomic E-state index is 0.123. The topological polar surface area (TPSA) is 108 Å². The van der Waals surface area contributed by atoms with Crippen molar-refractivity contribution in [3.63, 3.8) is 0 Å². The molecule has 11 heteroatoms. The molecule has 192 valence electrons. The van der Waals surface area contributed by atoms with Crippen LogP contribution < -0.4 is 10.0 Å². The van der Waals surface area contributed by atoms with Gasteiger partial charge in [-0.05, 0) is 67.9 Å². The smallest absolute Gasteiger partial charge is 0.269 e. The predicted molar refractivity (Wildman–Crippen MR) is 152 cm³/mol. The van der Waals surface area contributed by atoms with Gasteiger partial charge < -0.3 is 0 Å². The van der Waals surface area contributed by atoms with Crippen LogP contribution >= 0.6 is 31.9 Å². The first-order valence-corrected chi connectivity index (χ1v) is 13.3. The molecule has 2 heterocycles. The minimum atomic E-state index is -0.829. The van der Waals surface area contributed by atoms with Crippen LogP contribution in [0.25, 0.3) is 0 Å². The second-order valence-electron chi connectivity index (χ2n) is 9.07. The van der Waals surface area contributed by atoms with Gasteiger partial charge >= 0.3 is 0 Å². The Balaban J connectivity index is 1.59. The standard InChI is InChI=1S/C27H21Br2N5O4/c1-15-23(26(35)32(30-15)20-10-6-18(28)7-11-20)25(17-4-3-5-22(14-17)34(37)38)24-16(2)31-33(27(24)36)21-12-8-19(29)9-13-21/h3-14,23-25H,1-2H3. The summed E-state index contributed by atoms with van der Waals surface area (Å²) < 4.78 is 1.71. The summed E-state index contributed by atoms with van der Waals surface area (Å²) in [6, 6.07) is 20.4. The Labute approximate surface area is 235 Å². The van der Waals surface area contributed by atoms with Crippen molar-refractivity contribution in [3.05, 3.63) is 97.4 Å². The third kappa shape index (κ3) is 4.67. The van der Waals surface area contributed by atoms with Crippen LogP contribution in [0.15, 0.2) is 91.9 Å². The van der Waals surface area contributed by atoms with Crippen LogP contribution in [0, 0.1) is 22.0 Å². The van der Waals surface area contributed by atoms with Crippen LogP contribution in [-0.2, 0) is 9.59 Å². The second kappa shape index (κ2) is 10.2. The van der Waals surface area contributed by atoms with Gasteiger partial charge in [-0.1, -0.05) is 44.0 Å². The molecule has 2 aliphatic heterocycles. The number of halogens is 2. The first kappa shape index (κ1) is 25.9. The summed E-state index contributed by atoms with van der Waals surface area (Å²) in [5.41, 5.74) is 2.56. The van der Waals surface area contributed by atoms with E-state index in [9.17, 15) is 19.7 Å². The number of benzene rings is 3. The normalized spacial score (nSPS) is 20.0. The molecule has 9 nitrogen and oxygen atoms in total. The largest absolute Gasteiger partial charge is 0.272 e. The van der Waals surface area contributed by atoms with E-state index in [1.165, 1.54) is 22.2 Å². The van der Waals surface area contributed by atoms with Crippen LogP contribution in [-0.4, -0.2) is 28.2 Å². The maximum absolute atomic E-state index is 13.9. The van der Waals surface area contributed by atoms with Crippen molar-refractivity contribution in [3.8, 4) is 0 Å². The van der Waals surface area contributed by atoms with E-state index in [0.29, 0.717) is 28.4 Å². The lowest BCUT2D eigenvalue weighted by Gasteiger charge is -2.28. The molecule has 0 saturated heterocycles. The van der Waals surface area contributed by atoms with Crippen molar-refractivity contribution in [1.82, 2.24) is 0 Å². The molecule has 38 heavy (non-hydrogen) atoms. The van der Waals surface area contributed by atoms with Gasteiger partial charge in [0.25, 0.3) is 17.5 Å². The van der Waals surface area contributed by atoms with Gasteiger partial charge in [0.1, 0.15) is 0 Å². The molecule has 0 N–H and O–H groups in total. The van der Waals surface area contributed by atoms with Crippen LogP contribution in [0.2, 0.25) is 0 Å². The highest BCUT2D eigenvalue weighted by Gasteiger charge is 2.50. The average molecular weight is 639 g/mol. The maximum atomic E-state index is 13.9. The molecule has 2 aliphatic rings. The molecule has 0 fully saturated rings. The van der Waals surface area contributed by atoms with E-state index in [-0.39, 0.29) is 17.5 Å². The Kier molecular flexibility index (Phi) is 6.97. The zero-order valence-electron chi connectivity index (χ0n) is 20.3. The number of rotatable bonds is 6. The highest BCUT2D eigenvalue weighted by Crippen LogP contribution is 2.43. The Morgan fingerprint density at radius 1 is 0.789 bits per heavy atom. The van der Waals surface area contributed by atoms with Crippen LogP contribution in [0.4, 0.5) is 17.1 Å². The third-order valence-corrected chi connectivity index (χ3v) is 7.75. The van der Waals surface area contributed by atoms with E-state index >= 15 is 0 Å². The Bertz CT molecular complexity index is 1420. The number of carbonyl (C=O) groups excluding carboxylic acids is 2. The summed E-state index contributed by atoms with van der Waals surface area (Å²) in [5, 5.41) is 23.4. The van der Waals surface area contributed by atoms with Crippen molar-refractivity contribution in [2.24, 2.45) is 22.0 Å². The van der Waals surface area contributed by atoms with E-state index in [2.05, 4.69) is 42.1 Å². The summed E-state index contributed by atoms with van der Waals surface area (Å²) in [4.78, 5) is 38.9.